The highest BCUT2D eigenvalue weighted by molar-refractivity contribution is 7.18. The normalized spacial score (nSPS) is 14.0. The third kappa shape index (κ3) is 3.32. The Morgan fingerprint density at radius 3 is 2.36 bits per heavy atom. The number of halogens is 1. The molecule has 0 N–H and O–H groups in total. The zero-order chi connectivity index (χ0) is 17.2. The average Bonchev–Trinajstić information content (AvgIpc) is 3.32. The van der Waals surface area contributed by atoms with Gasteiger partial charge in [0.15, 0.2) is 5.13 Å². The molecule has 1 aliphatic heterocycles. The molecule has 5 heteroatoms. The van der Waals surface area contributed by atoms with Crippen molar-refractivity contribution in [3.05, 3.63) is 70.1 Å². The highest BCUT2D eigenvalue weighted by Gasteiger charge is 2.24. The van der Waals surface area contributed by atoms with Crippen molar-refractivity contribution in [1.82, 2.24) is 4.98 Å². The molecule has 126 valence electrons. The topological polar surface area (TPSA) is 33.2 Å². The molecule has 1 aromatic heterocycles. The quantitative estimate of drug-likeness (QED) is 0.586. The van der Waals surface area contributed by atoms with Crippen molar-refractivity contribution in [3.8, 4) is 11.3 Å². The van der Waals surface area contributed by atoms with Crippen LogP contribution in [0.3, 0.4) is 0 Å². The Morgan fingerprint density at radius 1 is 1.00 bits per heavy atom. The van der Waals surface area contributed by atoms with Crippen molar-refractivity contribution in [3.63, 3.8) is 0 Å². The Hall–Kier alpha value is -2.17. The zero-order valence-electron chi connectivity index (χ0n) is 13.6. The molecule has 0 spiro atoms. The lowest BCUT2D eigenvalue weighted by Gasteiger charge is -2.12. The Bertz CT molecular complexity index is 884. The molecule has 0 aliphatic carbocycles. The number of thiazole rings is 1. The SMILES string of the molecule is O=C(c1ccc(Cl)cc1)c1sc(N2CCCC2)nc1-c1ccccc1. The molecule has 0 saturated carbocycles. The van der Waals surface area contributed by atoms with Gasteiger partial charge in [-0.1, -0.05) is 53.3 Å². The second-order valence-corrected chi connectivity index (χ2v) is 7.48. The maximum atomic E-state index is 13.1. The molecular weight excluding hydrogens is 352 g/mol. The fraction of sp³-hybridized carbons (Fsp3) is 0.200. The predicted octanol–water partition coefficient (Wildman–Crippen LogP) is 5.29. The summed E-state index contributed by atoms with van der Waals surface area (Å²) in [6.45, 7) is 2.02. The molecule has 1 fully saturated rings. The van der Waals surface area contributed by atoms with Gasteiger partial charge in [0.05, 0.1) is 5.69 Å². The van der Waals surface area contributed by atoms with Crippen molar-refractivity contribution in [1.29, 1.82) is 0 Å². The summed E-state index contributed by atoms with van der Waals surface area (Å²) in [7, 11) is 0. The van der Waals surface area contributed by atoms with Crippen molar-refractivity contribution in [2.45, 2.75) is 12.8 Å². The molecule has 25 heavy (non-hydrogen) atoms. The van der Waals surface area contributed by atoms with E-state index in [-0.39, 0.29) is 5.78 Å². The van der Waals surface area contributed by atoms with Crippen molar-refractivity contribution < 1.29 is 4.79 Å². The third-order valence-corrected chi connectivity index (χ3v) is 5.72. The van der Waals surface area contributed by atoms with Crippen molar-refractivity contribution in [2.75, 3.05) is 18.0 Å². The van der Waals surface area contributed by atoms with E-state index in [4.69, 9.17) is 16.6 Å². The molecule has 2 heterocycles. The fourth-order valence-electron chi connectivity index (χ4n) is 3.03. The van der Waals surface area contributed by atoms with Gasteiger partial charge in [0.2, 0.25) is 5.78 Å². The second-order valence-electron chi connectivity index (χ2n) is 6.07. The van der Waals surface area contributed by atoms with Gasteiger partial charge in [-0.3, -0.25) is 4.79 Å². The smallest absolute Gasteiger partial charge is 0.205 e. The summed E-state index contributed by atoms with van der Waals surface area (Å²) in [5.74, 6) is -0.00142. The van der Waals surface area contributed by atoms with Gasteiger partial charge in [-0.2, -0.15) is 0 Å². The molecule has 0 amide bonds. The van der Waals surface area contributed by atoms with Crippen LogP contribution in [0.1, 0.15) is 28.1 Å². The van der Waals surface area contributed by atoms with E-state index in [1.54, 1.807) is 24.3 Å². The highest BCUT2D eigenvalue weighted by Crippen LogP contribution is 2.36. The van der Waals surface area contributed by atoms with Gasteiger partial charge in [-0.15, -0.1) is 0 Å². The first-order valence-electron chi connectivity index (χ1n) is 8.34. The minimum Gasteiger partial charge on any atom is -0.348 e. The van der Waals surface area contributed by atoms with E-state index in [0.29, 0.717) is 15.5 Å². The summed E-state index contributed by atoms with van der Waals surface area (Å²) in [5.41, 5.74) is 2.38. The maximum Gasteiger partial charge on any atom is 0.205 e. The first kappa shape index (κ1) is 16.3. The molecule has 0 bridgehead atoms. The van der Waals surface area contributed by atoms with Gasteiger partial charge >= 0.3 is 0 Å². The van der Waals surface area contributed by atoms with Gasteiger partial charge in [0.1, 0.15) is 4.88 Å². The minimum absolute atomic E-state index is 0.00142. The molecule has 0 atom stereocenters. The van der Waals surface area contributed by atoms with E-state index in [1.165, 1.54) is 24.2 Å². The summed E-state index contributed by atoms with van der Waals surface area (Å²) in [6.07, 6.45) is 2.36. The third-order valence-electron chi connectivity index (χ3n) is 4.35. The number of nitrogens with zero attached hydrogens (tertiary/aromatic N) is 2. The average molecular weight is 369 g/mol. The Morgan fingerprint density at radius 2 is 1.68 bits per heavy atom. The standard InChI is InChI=1S/C20H17ClN2OS/c21-16-10-8-15(9-11-16)18(24)19-17(14-6-2-1-3-7-14)22-20(25-19)23-12-4-5-13-23/h1-3,6-11H,4-5,12-13H2. The Kier molecular flexibility index (Phi) is 4.55. The Labute approximate surface area is 155 Å². The van der Waals surface area contributed by atoms with Crippen LogP contribution in [0.2, 0.25) is 5.02 Å². The molecule has 0 radical (unpaired) electrons. The number of aromatic nitrogens is 1. The van der Waals surface area contributed by atoms with E-state index in [9.17, 15) is 4.79 Å². The number of benzene rings is 2. The molecule has 1 aliphatic rings. The molecule has 3 aromatic rings. The lowest BCUT2D eigenvalue weighted by molar-refractivity contribution is 0.104. The number of hydrogen-bond acceptors (Lipinski definition) is 4. The van der Waals surface area contributed by atoms with Crippen LogP contribution in [0.15, 0.2) is 54.6 Å². The van der Waals surface area contributed by atoms with Gasteiger partial charge < -0.3 is 4.90 Å². The summed E-state index contributed by atoms with van der Waals surface area (Å²) in [5, 5.41) is 1.57. The molecule has 1 saturated heterocycles. The summed E-state index contributed by atoms with van der Waals surface area (Å²) < 4.78 is 0. The number of carbonyl (C=O) groups is 1. The Balaban J connectivity index is 1.79. The number of hydrogen-bond donors (Lipinski definition) is 0. The van der Waals surface area contributed by atoms with E-state index < -0.39 is 0 Å². The van der Waals surface area contributed by atoms with Crippen molar-refractivity contribution in [2.24, 2.45) is 0 Å². The van der Waals surface area contributed by atoms with Crippen LogP contribution in [0, 0.1) is 0 Å². The number of rotatable bonds is 4. The fourth-order valence-corrected chi connectivity index (χ4v) is 4.26. The summed E-state index contributed by atoms with van der Waals surface area (Å²) in [4.78, 5) is 20.9. The van der Waals surface area contributed by atoms with Crippen LogP contribution >= 0.6 is 22.9 Å². The molecule has 0 unspecified atom stereocenters. The highest BCUT2D eigenvalue weighted by atomic mass is 35.5. The molecule has 4 rings (SSSR count). The first-order chi connectivity index (χ1) is 12.2. The molecule has 3 nitrogen and oxygen atoms in total. The lowest BCUT2D eigenvalue weighted by Crippen LogP contribution is -2.17. The van der Waals surface area contributed by atoms with Crippen LogP contribution in [0.4, 0.5) is 5.13 Å². The van der Waals surface area contributed by atoms with E-state index in [0.717, 1.165) is 29.5 Å². The van der Waals surface area contributed by atoms with E-state index in [2.05, 4.69) is 4.90 Å². The zero-order valence-corrected chi connectivity index (χ0v) is 15.2. The van der Waals surface area contributed by atoms with Crippen molar-refractivity contribution >= 4 is 33.9 Å². The minimum atomic E-state index is -0.00142. The summed E-state index contributed by atoms with van der Waals surface area (Å²) in [6, 6.07) is 17.0. The molecular formula is C20H17ClN2OS. The van der Waals surface area contributed by atoms with Crippen LogP contribution in [0.25, 0.3) is 11.3 Å². The summed E-state index contributed by atoms with van der Waals surface area (Å²) >= 11 is 7.44. The number of carbonyl (C=O) groups excluding carboxylic acids is 1. The van der Waals surface area contributed by atoms with Crippen LogP contribution in [-0.4, -0.2) is 23.9 Å². The van der Waals surface area contributed by atoms with Crippen LogP contribution in [-0.2, 0) is 0 Å². The molecule has 2 aromatic carbocycles. The van der Waals surface area contributed by atoms with E-state index in [1.807, 2.05) is 30.3 Å². The first-order valence-corrected chi connectivity index (χ1v) is 9.53. The van der Waals surface area contributed by atoms with E-state index >= 15 is 0 Å². The van der Waals surface area contributed by atoms with Gasteiger partial charge in [0.25, 0.3) is 0 Å². The van der Waals surface area contributed by atoms with Crippen LogP contribution < -0.4 is 4.90 Å². The monoisotopic (exact) mass is 368 g/mol. The van der Waals surface area contributed by atoms with Crippen LogP contribution in [0.5, 0.6) is 0 Å². The van der Waals surface area contributed by atoms with Gasteiger partial charge in [0, 0.05) is 29.2 Å². The predicted molar refractivity (Wildman–Crippen MR) is 104 cm³/mol. The second kappa shape index (κ2) is 6.98. The van der Waals surface area contributed by atoms with Gasteiger partial charge in [-0.25, -0.2) is 4.98 Å². The maximum absolute atomic E-state index is 13.1. The lowest BCUT2D eigenvalue weighted by atomic mass is 10.1. The van der Waals surface area contributed by atoms with Gasteiger partial charge in [-0.05, 0) is 37.1 Å². The number of ketones is 1. The largest absolute Gasteiger partial charge is 0.348 e. The number of anilines is 1.